The molecule has 0 aliphatic rings. The Labute approximate surface area is 514 Å². The van der Waals surface area contributed by atoms with Gasteiger partial charge in [-0.25, -0.2) is 4.57 Å². The summed E-state index contributed by atoms with van der Waals surface area (Å²) in [5.41, 5.74) is 0. The molecule has 0 rings (SSSR count). The molecule has 0 fully saturated rings. The Morgan fingerprint density at radius 2 is 0.735 bits per heavy atom. The van der Waals surface area contributed by atoms with Crippen LogP contribution in [0.5, 0.6) is 0 Å². The van der Waals surface area contributed by atoms with Gasteiger partial charge in [-0.1, -0.05) is 287 Å². The van der Waals surface area contributed by atoms with Crippen molar-refractivity contribution in [2.24, 2.45) is 0 Å². The lowest BCUT2D eigenvalue weighted by Gasteiger charge is -2.27. The quantitative estimate of drug-likeness (QED) is 0.0205. The van der Waals surface area contributed by atoms with E-state index in [1.807, 2.05) is 33.3 Å². The predicted octanol–water partition coefficient (Wildman–Crippen LogP) is 22.3. The number of hydrogen-bond donors (Lipinski definition) is 2. The molecule has 0 saturated heterocycles. The summed E-state index contributed by atoms with van der Waals surface area (Å²) in [6.07, 6.45) is 81.9. The molecule has 1 amide bonds. The number of hydrogen-bond acceptors (Lipinski definition) is 6. The molecule has 0 bridgehead atoms. The van der Waals surface area contributed by atoms with E-state index >= 15 is 0 Å². The van der Waals surface area contributed by atoms with Gasteiger partial charge in [0.25, 0.3) is 0 Å². The highest BCUT2D eigenvalue weighted by molar-refractivity contribution is 7.47. The van der Waals surface area contributed by atoms with Gasteiger partial charge in [0.1, 0.15) is 19.3 Å². The van der Waals surface area contributed by atoms with Gasteiger partial charge in [-0.05, 0) is 102 Å². The van der Waals surface area contributed by atoms with Gasteiger partial charge in [0.2, 0.25) is 5.91 Å². The highest BCUT2D eigenvalue weighted by Crippen LogP contribution is 2.43. The van der Waals surface area contributed by atoms with Crippen molar-refractivity contribution < 1.29 is 37.3 Å². The number of quaternary nitrogens is 1. The summed E-state index contributed by atoms with van der Waals surface area (Å²) in [5, 5.41) is 3.06. The number of nitrogens with zero attached hydrogens (tertiary/aromatic N) is 1. The van der Waals surface area contributed by atoms with E-state index in [9.17, 15) is 19.0 Å². The minimum Gasteiger partial charge on any atom is -0.456 e. The fourth-order valence-corrected chi connectivity index (χ4v) is 10.9. The molecule has 0 aliphatic heterocycles. The Morgan fingerprint density at radius 3 is 1.12 bits per heavy atom. The van der Waals surface area contributed by atoms with Crippen LogP contribution in [0.1, 0.15) is 329 Å². The van der Waals surface area contributed by atoms with Crippen LogP contribution in [0.25, 0.3) is 0 Å². The molecule has 0 aromatic rings. The van der Waals surface area contributed by atoms with Crippen molar-refractivity contribution in [2.75, 3.05) is 40.9 Å². The molecule has 0 aromatic carbocycles. The van der Waals surface area contributed by atoms with Crippen LogP contribution in [-0.2, 0) is 27.9 Å². The van der Waals surface area contributed by atoms with Crippen LogP contribution in [0.15, 0.2) is 72.9 Å². The van der Waals surface area contributed by atoms with Crippen LogP contribution in [-0.4, -0.2) is 74.3 Å². The third kappa shape index (κ3) is 63.8. The second-order valence-corrected chi connectivity index (χ2v) is 26.5. The molecule has 0 heterocycles. The Bertz CT molecular complexity index is 1650. The molecule has 0 spiro atoms. The van der Waals surface area contributed by atoms with Gasteiger partial charge in [0, 0.05) is 12.8 Å². The average Bonchev–Trinajstić information content (AvgIpc) is 3.47. The smallest absolute Gasteiger partial charge is 0.456 e. The van der Waals surface area contributed by atoms with Crippen molar-refractivity contribution in [3.63, 3.8) is 0 Å². The first-order valence-corrected chi connectivity index (χ1v) is 36.8. The van der Waals surface area contributed by atoms with E-state index in [-0.39, 0.29) is 31.5 Å². The summed E-state index contributed by atoms with van der Waals surface area (Å²) in [7, 11) is 1.49. The lowest BCUT2D eigenvalue weighted by atomic mass is 10.0. The zero-order valence-electron chi connectivity index (χ0n) is 55.4. The summed E-state index contributed by atoms with van der Waals surface area (Å²) in [4.78, 5) is 37.9. The summed E-state index contributed by atoms with van der Waals surface area (Å²) >= 11 is 0. The van der Waals surface area contributed by atoms with Crippen molar-refractivity contribution in [1.82, 2.24) is 5.32 Å². The number of phosphoric ester groups is 1. The zero-order valence-corrected chi connectivity index (χ0v) is 56.3. The Kier molecular flexibility index (Phi) is 60.6. The molecule has 484 valence electrons. The first kappa shape index (κ1) is 80.5. The number of carbonyl (C=O) groups is 2. The minimum atomic E-state index is -4.46. The second kappa shape index (κ2) is 62.5. The fourth-order valence-electron chi connectivity index (χ4n) is 10.2. The molecule has 83 heavy (non-hydrogen) atoms. The maximum Gasteiger partial charge on any atom is 0.472 e. The predicted molar refractivity (Wildman–Crippen MR) is 360 cm³/mol. The highest BCUT2D eigenvalue weighted by atomic mass is 31.2. The Balaban J connectivity index is 5.12. The third-order valence-corrected chi connectivity index (χ3v) is 16.6. The van der Waals surface area contributed by atoms with Gasteiger partial charge in [0.05, 0.1) is 33.8 Å². The number of likely N-dealkylation sites (N-methyl/N-ethyl adjacent to an activating group) is 1. The number of unbranched alkanes of at least 4 members (excludes halogenated alkanes) is 38. The molecule has 10 heteroatoms. The minimum absolute atomic E-state index is 0.0364. The van der Waals surface area contributed by atoms with Crippen LogP contribution in [0.2, 0.25) is 0 Å². The molecule has 3 unspecified atom stereocenters. The SMILES string of the molecule is CCCCC/C=C\C/C=C\C/C=C\CCCCCCCCC(=O)NC(COP(=O)(O)OCC[N+](C)(C)C)C(/C=C\CCCCCCCCCCCCC)OC(=O)CCCCCCCCCCCCCCCCC/C=C\C/C=C\CCCCC. The van der Waals surface area contributed by atoms with Gasteiger partial charge in [0.15, 0.2) is 0 Å². The molecule has 2 N–H and O–H groups in total. The first-order valence-electron chi connectivity index (χ1n) is 35.3. The Morgan fingerprint density at radius 1 is 0.422 bits per heavy atom. The highest BCUT2D eigenvalue weighted by Gasteiger charge is 2.30. The number of carbonyl (C=O) groups excluding carboxylic acids is 2. The van der Waals surface area contributed by atoms with Crippen LogP contribution in [0.3, 0.4) is 0 Å². The van der Waals surface area contributed by atoms with E-state index < -0.39 is 20.0 Å². The maximum atomic E-state index is 13.6. The normalized spacial score (nSPS) is 14.0. The van der Waals surface area contributed by atoms with Crippen LogP contribution >= 0.6 is 7.82 Å². The molecule has 0 saturated carbocycles. The maximum absolute atomic E-state index is 13.6. The number of ether oxygens (including phenoxy) is 1. The number of amides is 1. The monoisotopic (exact) mass is 1180 g/mol. The topological polar surface area (TPSA) is 111 Å². The summed E-state index contributed by atoms with van der Waals surface area (Å²) in [5.74, 6) is -0.510. The van der Waals surface area contributed by atoms with Crippen LogP contribution in [0.4, 0.5) is 0 Å². The van der Waals surface area contributed by atoms with Crippen molar-refractivity contribution in [2.45, 2.75) is 341 Å². The van der Waals surface area contributed by atoms with Crippen LogP contribution in [0, 0.1) is 0 Å². The van der Waals surface area contributed by atoms with Gasteiger partial charge in [-0.3, -0.25) is 18.6 Å². The third-order valence-electron chi connectivity index (χ3n) is 15.6. The number of esters is 1. The number of rotatable bonds is 64. The second-order valence-electron chi connectivity index (χ2n) is 25.0. The van der Waals surface area contributed by atoms with E-state index in [0.29, 0.717) is 17.4 Å². The summed E-state index contributed by atoms with van der Waals surface area (Å²) in [6, 6.07) is -0.858. The van der Waals surface area contributed by atoms with Gasteiger partial charge >= 0.3 is 13.8 Å². The average molecular weight is 1180 g/mol. The standard InChI is InChI=1S/C73H135N2O7P/c1-7-10-13-16-19-22-25-28-30-32-34-35-36-37-38-39-41-43-45-48-51-54-57-60-63-66-73(77)82-71(64-61-58-55-52-49-46-27-24-21-18-15-12-9-3)70(69-81-83(78,79)80-68-67-75(4,5)6)74-72(76)65-62-59-56-53-50-47-44-42-40-33-31-29-26-23-20-17-14-11-8-2/h19-20,22-23,28-31,40,42,61,64,70-71H,7-18,21,24-27,32-39,41,43-60,62-63,65-69H2,1-6H3,(H-,74,76,78,79)/p+1/b22-19-,23-20-,30-28-,31-29-,42-40-,64-61-. The number of phosphoric acid groups is 1. The first-order chi connectivity index (χ1) is 40.4. The van der Waals surface area contributed by atoms with Gasteiger partial charge in [-0.15, -0.1) is 0 Å². The van der Waals surface area contributed by atoms with Gasteiger partial charge in [-0.2, -0.15) is 0 Å². The van der Waals surface area contributed by atoms with Crippen molar-refractivity contribution in [1.29, 1.82) is 0 Å². The van der Waals surface area contributed by atoms with E-state index in [4.69, 9.17) is 13.8 Å². The molecule has 0 aromatic heterocycles. The number of allylic oxidation sites excluding steroid dienone is 11. The fraction of sp³-hybridized carbons (Fsp3) is 0.808. The molecular formula is C73H136N2O7P+. The van der Waals surface area contributed by atoms with Crippen molar-refractivity contribution in [3.8, 4) is 0 Å². The van der Waals surface area contributed by atoms with E-state index in [1.165, 1.54) is 205 Å². The van der Waals surface area contributed by atoms with E-state index in [2.05, 4.69) is 86.8 Å². The lowest BCUT2D eigenvalue weighted by molar-refractivity contribution is -0.870. The van der Waals surface area contributed by atoms with E-state index in [0.717, 1.165) is 89.9 Å². The molecule has 9 nitrogen and oxygen atoms in total. The number of nitrogens with one attached hydrogen (secondary N) is 1. The van der Waals surface area contributed by atoms with Crippen LogP contribution < -0.4 is 5.32 Å². The largest absolute Gasteiger partial charge is 0.472 e. The van der Waals surface area contributed by atoms with Crippen molar-refractivity contribution in [3.05, 3.63) is 72.9 Å². The zero-order chi connectivity index (χ0) is 60.7. The molecule has 0 aliphatic carbocycles. The summed E-state index contributed by atoms with van der Waals surface area (Å²) in [6.45, 7) is 6.99. The van der Waals surface area contributed by atoms with Crippen molar-refractivity contribution >= 4 is 19.7 Å². The molecule has 3 atom stereocenters. The van der Waals surface area contributed by atoms with E-state index in [1.54, 1.807) is 0 Å². The molecular weight excluding hydrogens is 1050 g/mol. The van der Waals surface area contributed by atoms with Gasteiger partial charge < -0.3 is 19.4 Å². The Hall–Kier alpha value is -2.55. The lowest BCUT2D eigenvalue weighted by Crippen LogP contribution is -2.47. The molecule has 0 radical (unpaired) electrons. The summed E-state index contributed by atoms with van der Waals surface area (Å²) < 4.78 is 30.8.